The summed E-state index contributed by atoms with van der Waals surface area (Å²) in [6.45, 7) is 6.83. The van der Waals surface area contributed by atoms with Crippen molar-refractivity contribution in [1.82, 2.24) is 0 Å². The fourth-order valence-corrected chi connectivity index (χ4v) is 12.6. The van der Waals surface area contributed by atoms with Crippen molar-refractivity contribution >= 4 is 142 Å². The molecule has 0 bridgehead atoms. The molecule has 15 aromatic carbocycles. The van der Waals surface area contributed by atoms with Crippen molar-refractivity contribution in [3.8, 4) is 0 Å². The van der Waals surface area contributed by atoms with Crippen LogP contribution in [-0.2, 0) is 0 Å². The molecule has 0 aliphatic heterocycles. The van der Waals surface area contributed by atoms with Gasteiger partial charge < -0.3 is 9.80 Å². The Balaban J connectivity index is 1.22. The van der Waals surface area contributed by atoms with Crippen LogP contribution in [0.25, 0.3) is 108 Å². The van der Waals surface area contributed by atoms with Gasteiger partial charge in [0, 0.05) is 64.6 Å². The molecule has 0 unspecified atom stereocenters. The zero-order chi connectivity index (χ0) is 49.9. The van der Waals surface area contributed by atoms with Crippen molar-refractivity contribution in [1.29, 1.82) is 0 Å². The van der Waals surface area contributed by atoms with Gasteiger partial charge in [0.15, 0.2) is 0 Å². The molecule has 0 amide bonds. The molecule has 0 saturated heterocycles. The number of rotatable bonds is 6. The number of hydrogen-bond donors (Lipinski definition) is 0. The summed E-state index contributed by atoms with van der Waals surface area (Å²) in [5.74, 6) is 0. The van der Waals surface area contributed by atoms with Gasteiger partial charge in [-0.15, -0.1) is 0 Å². The maximum Gasteiger partial charge on any atom is 0.0621 e. The highest BCUT2D eigenvalue weighted by Crippen LogP contribution is 2.58. The molecule has 0 aliphatic rings. The van der Waals surface area contributed by atoms with Crippen LogP contribution in [0.5, 0.6) is 0 Å². The summed E-state index contributed by atoms with van der Waals surface area (Å²) in [4.78, 5) is 5.39. The summed E-state index contributed by atoms with van der Waals surface area (Å²) in [5.41, 5.74) is 10.6. The van der Waals surface area contributed by atoms with E-state index in [4.69, 9.17) is 0 Å². The van der Waals surface area contributed by atoms with Gasteiger partial charge in [0.25, 0.3) is 0 Å². The fraction of sp³-hybridized carbons (Fsp3) is 0.0411. The lowest BCUT2D eigenvalue weighted by molar-refractivity contribution is 1.33. The van der Waals surface area contributed by atoms with Crippen LogP contribution in [0.4, 0.5) is 34.1 Å². The number of hydrogen-bond acceptors (Lipinski definition) is 2. The fourth-order valence-electron chi connectivity index (χ4n) is 12.6. The number of aryl methyl sites for hydroxylation is 3. The first-order valence-corrected chi connectivity index (χ1v) is 26.2. The third kappa shape index (κ3) is 6.59. The number of benzene rings is 15. The van der Waals surface area contributed by atoms with Crippen molar-refractivity contribution in [2.75, 3.05) is 9.80 Å². The average Bonchev–Trinajstić information content (AvgIpc) is 3.53. The summed E-state index contributed by atoms with van der Waals surface area (Å²) in [5, 5.41) is 23.9. The molecule has 75 heavy (non-hydrogen) atoms. The third-order valence-electron chi connectivity index (χ3n) is 16.1. The molecule has 15 rings (SSSR count). The van der Waals surface area contributed by atoms with Crippen molar-refractivity contribution in [3.63, 3.8) is 0 Å². The highest BCUT2D eigenvalue weighted by Gasteiger charge is 2.32. The van der Waals surface area contributed by atoms with Gasteiger partial charge in [-0.1, -0.05) is 212 Å². The van der Waals surface area contributed by atoms with Gasteiger partial charge in [-0.25, -0.2) is 0 Å². The first-order chi connectivity index (χ1) is 37.0. The summed E-state index contributed by atoms with van der Waals surface area (Å²) >= 11 is 0. The molecule has 2 nitrogen and oxygen atoms in total. The van der Waals surface area contributed by atoms with Crippen LogP contribution in [0.3, 0.4) is 0 Å². The average molecular weight is 955 g/mol. The summed E-state index contributed by atoms with van der Waals surface area (Å²) in [6.07, 6.45) is 0. The van der Waals surface area contributed by atoms with Crippen LogP contribution in [0.15, 0.2) is 249 Å². The predicted octanol–water partition coefficient (Wildman–Crippen LogP) is 21.1. The van der Waals surface area contributed by atoms with Gasteiger partial charge in [-0.2, -0.15) is 0 Å². The lowest BCUT2D eigenvalue weighted by Gasteiger charge is -2.36. The Hall–Kier alpha value is -9.50. The van der Waals surface area contributed by atoms with E-state index in [-0.39, 0.29) is 0 Å². The van der Waals surface area contributed by atoms with Gasteiger partial charge in [0.05, 0.1) is 34.1 Å². The molecule has 0 heterocycles. The van der Waals surface area contributed by atoms with Crippen molar-refractivity contribution in [2.45, 2.75) is 20.8 Å². The Morgan fingerprint density at radius 3 is 0.667 bits per heavy atom. The highest BCUT2D eigenvalue weighted by molar-refractivity contribution is 6.32. The summed E-state index contributed by atoms with van der Waals surface area (Å²) in [6, 6.07) is 93.6. The van der Waals surface area contributed by atoms with Gasteiger partial charge in [0.2, 0.25) is 0 Å². The number of anilines is 6. The van der Waals surface area contributed by atoms with Crippen LogP contribution in [0, 0.1) is 20.8 Å². The first-order valence-electron chi connectivity index (χ1n) is 26.2. The highest BCUT2D eigenvalue weighted by atomic mass is 15.2. The smallest absolute Gasteiger partial charge is 0.0621 e. The van der Waals surface area contributed by atoms with Gasteiger partial charge in [0.1, 0.15) is 0 Å². The minimum Gasteiger partial charge on any atom is -0.307 e. The van der Waals surface area contributed by atoms with Gasteiger partial charge in [-0.3, -0.25) is 0 Å². The standard InChI is InChI=1S/C73H50N2/c1-45-36-37-64-65(38-45)73(75(70-60-32-16-8-24-52(60)43-53-25-9-17-33-61(53)70)71-62-34-18-10-26-54(62)44-55-27-11-19-35-63(55)71)67-40-47(3)46(2)39-66(67)72(64)74(68-56-28-12-4-20-48(56)41-49-21-5-13-29-57(49)68)69-58-30-14-6-22-50(58)42-51-23-7-15-31-59(51)69/h4-44H,1-3H3. The van der Waals surface area contributed by atoms with Crippen LogP contribution in [-0.4, -0.2) is 0 Å². The SMILES string of the molecule is Cc1ccc2c(N(c3c4ccccc4cc4ccccc34)c3c4ccccc4cc4ccccc34)c3cc(C)c(C)cc3c(N(c3c4ccccc4cc4ccccc34)c3c4ccccc4cc4ccccc34)c2c1. The van der Waals surface area contributed by atoms with E-state index < -0.39 is 0 Å². The maximum atomic E-state index is 2.70. The van der Waals surface area contributed by atoms with Crippen LogP contribution in [0.2, 0.25) is 0 Å². The van der Waals surface area contributed by atoms with E-state index in [1.807, 2.05) is 0 Å². The molecule has 0 aromatic heterocycles. The Morgan fingerprint density at radius 1 is 0.187 bits per heavy atom. The van der Waals surface area contributed by atoms with Crippen LogP contribution >= 0.6 is 0 Å². The quantitative estimate of drug-likeness (QED) is 0.121. The van der Waals surface area contributed by atoms with Crippen molar-refractivity contribution in [3.05, 3.63) is 265 Å². The topological polar surface area (TPSA) is 6.48 Å². The van der Waals surface area contributed by atoms with E-state index in [2.05, 4.69) is 279 Å². The number of fused-ring (bicyclic) bond motifs is 10. The zero-order valence-corrected chi connectivity index (χ0v) is 42.1. The van der Waals surface area contributed by atoms with Crippen molar-refractivity contribution < 1.29 is 0 Å². The minimum atomic E-state index is 1.15. The Kier molecular flexibility index (Phi) is 9.65. The predicted molar refractivity (Wildman–Crippen MR) is 325 cm³/mol. The third-order valence-corrected chi connectivity index (χ3v) is 16.1. The van der Waals surface area contributed by atoms with E-state index in [0.717, 1.165) is 34.1 Å². The van der Waals surface area contributed by atoms with E-state index in [9.17, 15) is 0 Å². The normalized spacial score (nSPS) is 11.9. The zero-order valence-electron chi connectivity index (χ0n) is 42.1. The molecule has 0 fully saturated rings. The lowest BCUT2D eigenvalue weighted by atomic mass is 9.89. The molecule has 2 heteroatoms. The van der Waals surface area contributed by atoms with Crippen LogP contribution < -0.4 is 9.80 Å². The second-order valence-corrected chi connectivity index (χ2v) is 20.6. The van der Waals surface area contributed by atoms with E-state index in [1.165, 1.54) is 124 Å². The van der Waals surface area contributed by atoms with Crippen LogP contribution in [0.1, 0.15) is 16.7 Å². The monoisotopic (exact) mass is 954 g/mol. The van der Waals surface area contributed by atoms with Gasteiger partial charge >= 0.3 is 0 Å². The van der Waals surface area contributed by atoms with E-state index in [0.29, 0.717) is 0 Å². The molecule has 0 aliphatic carbocycles. The second kappa shape index (κ2) is 16.8. The minimum absolute atomic E-state index is 1.15. The molecular formula is C73H50N2. The van der Waals surface area contributed by atoms with E-state index in [1.54, 1.807) is 0 Å². The summed E-state index contributed by atoms with van der Waals surface area (Å²) < 4.78 is 0. The molecule has 0 radical (unpaired) electrons. The largest absolute Gasteiger partial charge is 0.307 e. The molecule has 0 saturated carbocycles. The summed E-state index contributed by atoms with van der Waals surface area (Å²) in [7, 11) is 0. The van der Waals surface area contributed by atoms with E-state index >= 15 is 0 Å². The lowest BCUT2D eigenvalue weighted by Crippen LogP contribution is -2.17. The molecule has 0 spiro atoms. The molecule has 15 aromatic rings. The number of nitrogens with zero attached hydrogens (tertiary/aromatic N) is 2. The first kappa shape index (κ1) is 43.1. The Bertz CT molecular complexity index is 4440. The Morgan fingerprint density at radius 2 is 0.400 bits per heavy atom. The molecule has 352 valence electrons. The molecule has 0 atom stereocenters. The van der Waals surface area contributed by atoms with Crippen molar-refractivity contribution in [2.24, 2.45) is 0 Å². The molecular weight excluding hydrogens is 905 g/mol. The molecule has 0 N–H and O–H groups in total. The maximum absolute atomic E-state index is 2.70. The van der Waals surface area contributed by atoms with Gasteiger partial charge in [-0.05, 0) is 117 Å². The second-order valence-electron chi connectivity index (χ2n) is 20.6. The Labute approximate surface area is 435 Å².